The lowest BCUT2D eigenvalue weighted by atomic mass is 9.75. The minimum Gasteiger partial charge on any atom is -0.462 e. The fourth-order valence-corrected chi connectivity index (χ4v) is 4.54. The monoisotopic (exact) mass is 447 g/mol. The molecule has 0 aromatic heterocycles. The molecule has 2 aliphatic heterocycles. The molecule has 148 valence electrons. The third-order valence-corrected chi connectivity index (χ3v) is 5.92. The summed E-state index contributed by atoms with van der Waals surface area (Å²) in [6.07, 6.45) is 2.81. The molecule has 4 rings (SSSR count). The van der Waals surface area contributed by atoms with E-state index in [0.29, 0.717) is 35.7 Å². The quantitative estimate of drug-likeness (QED) is 0.700. The number of carbonyl (C=O) groups excluding carboxylic acids is 2. The molecule has 1 aliphatic carbocycles. The number of hydrogen-bond donors (Lipinski definition) is 1. The van der Waals surface area contributed by atoms with Gasteiger partial charge in [0.1, 0.15) is 0 Å². The summed E-state index contributed by atoms with van der Waals surface area (Å²) in [5.41, 5.74) is 3.55. The summed E-state index contributed by atoms with van der Waals surface area (Å²) in [5.74, 6) is 0.422. The summed E-state index contributed by atoms with van der Waals surface area (Å²) in [6.45, 7) is 4.30. The second-order valence-corrected chi connectivity index (χ2v) is 7.98. The lowest BCUT2D eigenvalue weighted by Gasteiger charge is -2.34. The lowest BCUT2D eigenvalue weighted by molar-refractivity contribution is -0.139. The van der Waals surface area contributed by atoms with E-state index in [-0.39, 0.29) is 12.6 Å². The Kier molecular flexibility index (Phi) is 5.19. The highest BCUT2D eigenvalue weighted by molar-refractivity contribution is 9.10. The van der Waals surface area contributed by atoms with Crippen molar-refractivity contribution in [3.8, 4) is 11.5 Å². The third-order valence-electron chi connectivity index (χ3n) is 5.24. The van der Waals surface area contributed by atoms with Crippen LogP contribution in [0.2, 0.25) is 0 Å². The van der Waals surface area contributed by atoms with E-state index in [9.17, 15) is 9.59 Å². The van der Waals surface area contributed by atoms with Gasteiger partial charge in [-0.05, 0) is 43.9 Å². The highest BCUT2D eigenvalue weighted by Gasteiger charge is 2.40. The Morgan fingerprint density at radius 2 is 2.04 bits per heavy atom. The van der Waals surface area contributed by atoms with E-state index in [1.165, 1.54) is 0 Å². The number of esters is 1. The second kappa shape index (κ2) is 7.62. The first-order valence-corrected chi connectivity index (χ1v) is 10.3. The Morgan fingerprint density at radius 3 is 2.79 bits per heavy atom. The van der Waals surface area contributed by atoms with Crippen molar-refractivity contribution in [3.05, 3.63) is 44.7 Å². The van der Waals surface area contributed by atoms with Gasteiger partial charge in [0, 0.05) is 33.8 Å². The maximum absolute atomic E-state index is 13.0. The Hall–Kier alpha value is -2.28. The molecule has 0 saturated heterocycles. The SMILES string of the molecule is CCCOC(=O)C1=C(C)NC2=C(C(=O)CCC2)[C@@H]1c1cc2c(cc1Br)OCO2. The number of ketones is 1. The number of rotatable bonds is 4. The van der Waals surface area contributed by atoms with Gasteiger partial charge in [-0.3, -0.25) is 4.79 Å². The van der Waals surface area contributed by atoms with Crippen molar-refractivity contribution in [1.29, 1.82) is 0 Å². The predicted molar refractivity (Wildman–Crippen MR) is 106 cm³/mol. The van der Waals surface area contributed by atoms with Crippen LogP contribution >= 0.6 is 15.9 Å². The number of benzene rings is 1. The van der Waals surface area contributed by atoms with Crippen LogP contribution < -0.4 is 14.8 Å². The zero-order valence-electron chi connectivity index (χ0n) is 15.9. The summed E-state index contributed by atoms with van der Waals surface area (Å²) in [7, 11) is 0. The van der Waals surface area contributed by atoms with Crippen LogP contribution in [0.4, 0.5) is 0 Å². The van der Waals surface area contributed by atoms with Crippen molar-refractivity contribution in [2.75, 3.05) is 13.4 Å². The number of hydrogen-bond acceptors (Lipinski definition) is 6. The second-order valence-electron chi connectivity index (χ2n) is 7.13. The maximum atomic E-state index is 13.0. The highest BCUT2D eigenvalue weighted by Crippen LogP contribution is 2.48. The normalized spacial score (nSPS) is 20.8. The van der Waals surface area contributed by atoms with E-state index < -0.39 is 11.9 Å². The number of halogens is 1. The summed E-state index contributed by atoms with van der Waals surface area (Å²) >= 11 is 3.61. The molecule has 1 atom stereocenters. The zero-order chi connectivity index (χ0) is 19.8. The van der Waals surface area contributed by atoms with Crippen molar-refractivity contribution < 1.29 is 23.8 Å². The maximum Gasteiger partial charge on any atom is 0.336 e. The van der Waals surface area contributed by atoms with E-state index in [2.05, 4.69) is 21.2 Å². The van der Waals surface area contributed by atoms with Crippen LogP contribution in [0.15, 0.2) is 39.1 Å². The Morgan fingerprint density at radius 1 is 1.29 bits per heavy atom. The first-order chi connectivity index (χ1) is 13.5. The molecule has 0 radical (unpaired) electrons. The van der Waals surface area contributed by atoms with Crippen LogP contribution in [-0.2, 0) is 14.3 Å². The summed E-state index contributed by atoms with van der Waals surface area (Å²) in [5, 5.41) is 3.29. The number of Topliss-reactive ketones (excluding diaryl/α,β-unsaturated/α-hetero) is 1. The van der Waals surface area contributed by atoms with Crippen molar-refractivity contribution >= 4 is 27.7 Å². The number of ether oxygens (including phenoxy) is 3. The Bertz CT molecular complexity index is 918. The molecule has 0 unspecified atom stereocenters. The number of fused-ring (bicyclic) bond motifs is 1. The smallest absolute Gasteiger partial charge is 0.336 e. The number of carbonyl (C=O) groups is 2. The van der Waals surface area contributed by atoms with Gasteiger partial charge in [0.25, 0.3) is 0 Å². The van der Waals surface area contributed by atoms with E-state index in [0.717, 1.165) is 40.7 Å². The first kappa shape index (κ1) is 19.1. The van der Waals surface area contributed by atoms with E-state index >= 15 is 0 Å². The van der Waals surface area contributed by atoms with Crippen molar-refractivity contribution in [1.82, 2.24) is 5.32 Å². The molecule has 6 nitrogen and oxygen atoms in total. The van der Waals surface area contributed by atoms with Gasteiger partial charge in [-0.2, -0.15) is 0 Å². The van der Waals surface area contributed by atoms with Gasteiger partial charge in [0.15, 0.2) is 17.3 Å². The molecule has 2 heterocycles. The topological polar surface area (TPSA) is 73.9 Å². The predicted octanol–water partition coefficient (Wildman–Crippen LogP) is 4.10. The molecule has 0 saturated carbocycles. The summed E-state index contributed by atoms with van der Waals surface area (Å²) in [6, 6.07) is 3.69. The molecule has 1 aromatic rings. The van der Waals surface area contributed by atoms with E-state index in [1.54, 1.807) is 0 Å². The molecular weight excluding hydrogens is 426 g/mol. The van der Waals surface area contributed by atoms with Crippen molar-refractivity contribution in [3.63, 3.8) is 0 Å². The molecular formula is C21H22BrNO5. The van der Waals surface area contributed by atoms with Crippen molar-refractivity contribution in [2.24, 2.45) is 0 Å². The van der Waals surface area contributed by atoms with Gasteiger partial charge in [0.2, 0.25) is 6.79 Å². The minimum absolute atomic E-state index is 0.0663. The van der Waals surface area contributed by atoms with Gasteiger partial charge in [-0.25, -0.2) is 4.79 Å². The van der Waals surface area contributed by atoms with Gasteiger partial charge in [0.05, 0.1) is 12.2 Å². The summed E-state index contributed by atoms with van der Waals surface area (Å²) in [4.78, 5) is 25.9. The van der Waals surface area contributed by atoms with Crippen LogP contribution in [0.1, 0.15) is 51.0 Å². The minimum atomic E-state index is -0.503. The number of dihydropyridines is 1. The fraction of sp³-hybridized carbons (Fsp3) is 0.429. The zero-order valence-corrected chi connectivity index (χ0v) is 17.5. The lowest BCUT2D eigenvalue weighted by Crippen LogP contribution is -2.34. The van der Waals surface area contributed by atoms with E-state index in [4.69, 9.17) is 14.2 Å². The Labute approximate surface area is 172 Å². The standard InChI is InChI=1S/C21H22BrNO5/c1-3-7-26-21(25)18-11(2)23-14-5-4-6-15(24)20(14)19(18)12-8-16-17(9-13(12)22)28-10-27-16/h8-9,19,23H,3-7,10H2,1-2H3/t19-/m1/s1. The molecule has 0 fully saturated rings. The van der Waals surface area contributed by atoms with Crippen LogP contribution in [-0.4, -0.2) is 25.2 Å². The summed E-state index contributed by atoms with van der Waals surface area (Å²) < 4.78 is 17.2. The third kappa shape index (κ3) is 3.21. The van der Waals surface area contributed by atoms with Crippen LogP contribution in [0, 0.1) is 0 Å². The van der Waals surface area contributed by atoms with Crippen molar-refractivity contribution in [2.45, 2.75) is 45.4 Å². The number of nitrogens with one attached hydrogen (secondary N) is 1. The number of allylic oxidation sites excluding steroid dienone is 3. The molecule has 1 N–H and O–H groups in total. The first-order valence-electron chi connectivity index (χ1n) is 9.51. The van der Waals surface area contributed by atoms with Crippen LogP contribution in [0.3, 0.4) is 0 Å². The Balaban J connectivity index is 1.87. The molecule has 28 heavy (non-hydrogen) atoms. The molecule has 0 amide bonds. The molecule has 1 aromatic carbocycles. The molecule has 0 bridgehead atoms. The van der Waals surface area contributed by atoms with E-state index in [1.807, 2.05) is 26.0 Å². The van der Waals surface area contributed by atoms with Gasteiger partial charge in [-0.15, -0.1) is 0 Å². The average molecular weight is 448 g/mol. The van der Waals surface area contributed by atoms with Gasteiger partial charge < -0.3 is 19.5 Å². The van der Waals surface area contributed by atoms with Gasteiger partial charge >= 0.3 is 5.97 Å². The van der Waals surface area contributed by atoms with Crippen LogP contribution in [0.5, 0.6) is 11.5 Å². The largest absolute Gasteiger partial charge is 0.462 e. The molecule has 0 spiro atoms. The van der Waals surface area contributed by atoms with Crippen LogP contribution in [0.25, 0.3) is 0 Å². The molecule has 7 heteroatoms. The molecule has 3 aliphatic rings. The highest BCUT2D eigenvalue weighted by atomic mass is 79.9. The fourth-order valence-electron chi connectivity index (χ4n) is 3.99. The average Bonchev–Trinajstić information content (AvgIpc) is 3.11. The van der Waals surface area contributed by atoms with Gasteiger partial charge in [-0.1, -0.05) is 22.9 Å².